The number of aliphatic imine (C=N–C) groups is 1. The van der Waals surface area contributed by atoms with Gasteiger partial charge in [-0.1, -0.05) is 38.1 Å². The average molecular weight is 413 g/mol. The summed E-state index contributed by atoms with van der Waals surface area (Å²) in [7, 11) is -3.68. The molecule has 3 aromatic rings. The van der Waals surface area contributed by atoms with Crippen LogP contribution in [0.25, 0.3) is 11.1 Å². The molecule has 0 saturated heterocycles. The summed E-state index contributed by atoms with van der Waals surface area (Å²) in [5.74, 6) is -0.381. The Morgan fingerprint density at radius 1 is 1.17 bits per heavy atom. The summed E-state index contributed by atoms with van der Waals surface area (Å²) in [4.78, 5) is 21.4. The second kappa shape index (κ2) is 7.32. The molecule has 0 aliphatic carbocycles. The number of benzene rings is 2. The van der Waals surface area contributed by atoms with E-state index in [2.05, 4.69) is 14.7 Å². The van der Waals surface area contributed by atoms with E-state index >= 15 is 0 Å². The number of hydrogen-bond acceptors (Lipinski definition) is 7. The Kier molecular flexibility index (Phi) is 4.83. The molecule has 0 bridgehead atoms. The summed E-state index contributed by atoms with van der Waals surface area (Å²) in [6.45, 7) is 3.49. The molecule has 9 heteroatoms. The van der Waals surface area contributed by atoms with Gasteiger partial charge in [-0.3, -0.25) is 9.71 Å². The lowest BCUT2D eigenvalue weighted by molar-refractivity contribution is -0.148. The van der Waals surface area contributed by atoms with E-state index in [4.69, 9.17) is 9.15 Å². The molecule has 1 atom stereocenters. The zero-order valence-corrected chi connectivity index (χ0v) is 16.6. The van der Waals surface area contributed by atoms with Crippen LogP contribution in [0.5, 0.6) is 0 Å². The fraction of sp³-hybridized carbons (Fsp3) is 0.250. The maximum atomic E-state index is 12.7. The molecule has 0 fully saturated rings. The van der Waals surface area contributed by atoms with E-state index in [9.17, 15) is 13.2 Å². The third kappa shape index (κ3) is 3.73. The fourth-order valence-electron chi connectivity index (χ4n) is 3.04. The normalized spacial score (nSPS) is 17.3. The number of sulfonamides is 1. The minimum absolute atomic E-state index is 0.135. The van der Waals surface area contributed by atoms with Crippen LogP contribution in [0, 0.1) is 5.92 Å². The molecular weight excluding hydrogens is 394 g/mol. The first-order valence-corrected chi connectivity index (χ1v) is 10.5. The van der Waals surface area contributed by atoms with Crippen molar-refractivity contribution < 1.29 is 22.4 Å². The molecule has 8 nitrogen and oxygen atoms in total. The molecule has 150 valence electrons. The number of oxazole rings is 1. The summed E-state index contributed by atoms with van der Waals surface area (Å²) in [6, 6.07) is 12.9. The predicted molar refractivity (Wildman–Crippen MR) is 106 cm³/mol. The highest BCUT2D eigenvalue weighted by atomic mass is 32.2. The van der Waals surface area contributed by atoms with Crippen molar-refractivity contribution in [2.45, 2.75) is 31.4 Å². The van der Waals surface area contributed by atoms with Gasteiger partial charge in [-0.25, -0.2) is 18.2 Å². The first-order chi connectivity index (χ1) is 13.8. The van der Waals surface area contributed by atoms with Crippen molar-refractivity contribution in [1.82, 2.24) is 9.71 Å². The zero-order chi connectivity index (χ0) is 20.6. The highest BCUT2D eigenvalue weighted by molar-refractivity contribution is 7.90. The highest BCUT2D eigenvalue weighted by Crippen LogP contribution is 2.24. The van der Waals surface area contributed by atoms with Gasteiger partial charge in [0.1, 0.15) is 11.4 Å². The van der Waals surface area contributed by atoms with Gasteiger partial charge in [0.2, 0.25) is 5.89 Å². The lowest BCUT2D eigenvalue weighted by Gasteiger charge is -2.16. The molecule has 1 N–H and O–H groups in total. The number of hydrogen-bond donors (Lipinski definition) is 1. The number of amidine groups is 1. The van der Waals surface area contributed by atoms with Crippen LogP contribution in [-0.4, -0.2) is 31.2 Å². The second-order valence-electron chi connectivity index (χ2n) is 6.95. The lowest BCUT2D eigenvalue weighted by atomic mass is 10.1. The Morgan fingerprint density at radius 3 is 2.66 bits per heavy atom. The first kappa shape index (κ1) is 19.1. The maximum absolute atomic E-state index is 12.7. The number of esters is 1. The number of fused-ring (bicyclic) bond motifs is 2. The molecule has 0 spiro atoms. The molecule has 0 saturated carbocycles. The van der Waals surface area contributed by atoms with E-state index < -0.39 is 22.0 Å². The van der Waals surface area contributed by atoms with Crippen LogP contribution in [0.2, 0.25) is 0 Å². The van der Waals surface area contributed by atoms with Crippen molar-refractivity contribution >= 4 is 32.9 Å². The molecule has 4 rings (SSSR count). The van der Waals surface area contributed by atoms with Gasteiger partial charge in [-0.2, -0.15) is 0 Å². The topological polar surface area (TPSA) is 111 Å². The minimum atomic E-state index is -3.68. The summed E-state index contributed by atoms with van der Waals surface area (Å²) in [5.41, 5.74) is 1.72. The number of aromatic nitrogens is 1. The summed E-state index contributed by atoms with van der Waals surface area (Å²) in [6.07, 6.45) is 0. The largest absolute Gasteiger partial charge is 0.454 e. The Morgan fingerprint density at radius 2 is 1.90 bits per heavy atom. The van der Waals surface area contributed by atoms with E-state index in [1.54, 1.807) is 30.3 Å². The Hall–Kier alpha value is -3.20. The number of ether oxygens (including phenoxy) is 1. The number of para-hydroxylation sites is 2. The Bertz CT molecular complexity index is 1180. The van der Waals surface area contributed by atoms with Gasteiger partial charge in [-0.15, -0.1) is 0 Å². The van der Waals surface area contributed by atoms with Gasteiger partial charge in [0.15, 0.2) is 18.2 Å². The van der Waals surface area contributed by atoms with Gasteiger partial charge >= 0.3 is 5.97 Å². The first-order valence-electron chi connectivity index (χ1n) is 9.06. The van der Waals surface area contributed by atoms with E-state index in [0.717, 1.165) is 0 Å². The van der Waals surface area contributed by atoms with Crippen molar-refractivity contribution in [2.24, 2.45) is 10.9 Å². The third-order valence-corrected chi connectivity index (χ3v) is 5.88. The van der Waals surface area contributed by atoms with Crippen molar-refractivity contribution in [2.75, 3.05) is 0 Å². The van der Waals surface area contributed by atoms with Crippen LogP contribution >= 0.6 is 0 Å². The number of carbonyl (C=O) groups is 1. The van der Waals surface area contributed by atoms with Crippen LogP contribution in [0.3, 0.4) is 0 Å². The van der Waals surface area contributed by atoms with E-state index in [1.165, 1.54) is 6.07 Å². The number of carbonyl (C=O) groups excluding carboxylic acids is 1. The molecule has 1 aromatic heterocycles. The maximum Gasteiger partial charge on any atom is 0.331 e. The lowest BCUT2D eigenvalue weighted by Crippen LogP contribution is -2.31. The van der Waals surface area contributed by atoms with Crippen molar-refractivity contribution in [3.05, 3.63) is 60.0 Å². The smallest absolute Gasteiger partial charge is 0.331 e. The molecule has 29 heavy (non-hydrogen) atoms. The molecule has 1 aliphatic rings. The summed E-state index contributed by atoms with van der Waals surface area (Å²) in [5, 5.41) is 0. The molecular formula is C20H19N3O5S. The second-order valence-corrected chi connectivity index (χ2v) is 8.60. The van der Waals surface area contributed by atoms with E-state index in [-0.39, 0.29) is 29.1 Å². The molecule has 1 aliphatic heterocycles. The van der Waals surface area contributed by atoms with Crippen LogP contribution < -0.4 is 4.72 Å². The predicted octanol–water partition coefficient (Wildman–Crippen LogP) is 2.63. The number of nitrogens with one attached hydrogen (secondary N) is 1. The summed E-state index contributed by atoms with van der Waals surface area (Å²) >= 11 is 0. The monoisotopic (exact) mass is 413 g/mol. The van der Waals surface area contributed by atoms with Crippen molar-refractivity contribution in [1.29, 1.82) is 0 Å². The SMILES string of the molecule is CC(C)[C@H](N=C1NS(=O)(=O)c2ccccc21)C(=O)OCc1nc2ccccc2o1. The van der Waals surface area contributed by atoms with Crippen LogP contribution in [0.15, 0.2) is 62.8 Å². The van der Waals surface area contributed by atoms with Gasteiger partial charge in [-0.05, 0) is 30.2 Å². The average Bonchev–Trinajstić information content (AvgIpc) is 3.22. The van der Waals surface area contributed by atoms with Gasteiger partial charge in [0.25, 0.3) is 10.0 Å². The minimum Gasteiger partial charge on any atom is -0.454 e. The third-order valence-electron chi connectivity index (χ3n) is 4.48. The number of rotatable bonds is 5. The fourth-order valence-corrected chi connectivity index (χ4v) is 4.28. The zero-order valence-electron chi connectivity index (χ0n) is 15.8. The molecule has 0 amide bonds. The van der Waals surface area contributed by atoms with Gasteiger partial charge < -0.3 is 9.15 Å². The Labute approximate surface area is 167 Å². The quantitative estimate of drug-likeness (QED) is 0.644. The van der Waals surface area contributed by atoms with Crippen LogP contribution in [-0.2, 0) is 26.2 Å². The van der Waals surface area contributed by atoms with Gasteiger partial charge in [0, 0.05) is 5.56 Å². The van der Waals surface area contributed by atoms with Crippen molar-refractivity contribution in [3.63, 3.8) is 0 Å². The van der Waals surface area contributed by atoms with Crippen LogP contribution in [0.1, 0.15) is 25.3 Å². The van der Waals surface area contributed by atoms with E-state index in [0.29, 0.717) is 16.7 Å². The molecule has 0 unspecified atom stereocenters. The molecule has 0 radical (unpaired) electrons. The Balaban J connectivity index is 1.55. The molecule has 2 heterocycles. The highest BCUT2D eigenvalue weighted by Gasteiger charge is 2.33. The summed E-state index contributed by atoms with van der Waals surface area (Å²) < 4.78 is 37.8. The molecule has 2 aromatic carbocycles. The standard InChI is InChI=1S/C20H19N3O5S/c1-12(2)18(22-19-13-7-3-6-10-16(13)29(25,26)23-19)20(24)27-11-17-21-14-8-4-5-9-15(14)28-17/h3-10,12,18H,11H2,1-2H3,(H,22,23)/t18-/m0/s1. The number of nitrogens with zero attached hydrogens (tertiary/aromatic N) is 2. The van der Waals surface area contributed by atoms with Crippen LogP contribution in [0.4, 0.5) is 0 Å². The van der Waals surface area contributed by atoms with Gasteiger partial charge in [0.05, 0.1) is 4.90 Å². The van der Waals surface area contributed by atoms with Crippen molar-refractivity contribution in [3.8, 4) is 0 Å². The van der Waals surface area contributed by atoms with E-state index in [1.807, 2.05) is 26.0 Å².